The van der Waals surface area contributed by atoms with Crippen LogP contribution >= 0.6 is 0 Å². The molecule has 1 aliphatic rings. The molecule has 3 heteroatoms. The van der Waals surface area contributed by atoms with Gasteiger partial charge in [0.15, 0.2) is 0 Å². The molecule has 98 valence electrons. The highest BCUT2D eigenvalue weighted by Gasteiger charge is 2.16. The van der Waals surface area contributed by atoms with E-state index in [4.69, 9.17) is 0 Å². The second kappa shape index (κ2) is 5.89. The van der Waals surface area contributed by atoms with Crippen molar-refractivity contribution < 1.29 is 4.79 Å². The van der Waals surface area contributed by atoms with Crippen LogP contribution in [0, 0.1) is 5.92 Å². The van der Waals surface area contributed by atoms with Crippen LogP contribution in [0.3, 0.4) is 0 Å². The first-order chi connectivity index (χ1) is 8.65. The molecule has 0 bridgehead atoms. The number of hydrogen-bond acceptors (Lipinski definition) is 2. The van der Waals surface area contributed by atoms with E-state index >= 15 is 0 Å². The smallest absolute Gasteiger partial charge is 0.251 e. The molecule has 3 nitrogen and oxygen atoms in total. The lowest BCUT2D eigenvalue weighted by atomic mass is 9.85. The summed E-state index contributed by atoms with van der Waals surface area (Å²) in [4.78, 5) is 11.8. The van der Waals surface area contributed by atoms with Crippen molar-refractivity contribution in [3.05, 3.63) is 29.8 Å². The van der Waals surface area contributed by atoms with Crippen LogP contribution in [0.1, 0.15) is 43.5 Å². The maximum atomic E-state index is 11.8. The van der Waals surface area contributed by atoms with Gasteiger partial charge >= 0.3 is 0 Å². The molecule has 18 heavy (non-hydrogen) atoms. The van der Waals surface area contributed by atoms with E-state index in [9.17, 15) is 4.79 Å². The summed E-state index contributed by atoms with van der Waals surface area (Å²) >= 11 is 0. The Bertz CT molecular complexity index is 393. The van der Waals surface area contributed by atoms with Crippen molar-refractivity contribution in [2.75, 3.05) is 11.9 Å². The van der Waals surface area contributed by atoms with Crippen molar-refractivity contribution in [2.24, 2.45) is 5.92 Å². The van der Waals surface area contributed by atoms with Crippen LogP contribution in [0.2, 0.25) is 0 Å². The number of hydrogen-bond donors (Lipinski definition) is 2. The van der Waals surface area contributed by atoms with Crippen molar-refractivity contribution in [2.45, 2.75) is 39.2 Å². The van der Waals surface area contributed by atoms with E-state index in [1.165, 1.54) is 19.3 Å². The Morgan fingerprint density at radius 3 is 2.44 bits per heavy atom. The van der Waals surface area contributed by atoms with Crippen molar-refractivity contribution in [1.29, 1.82) is 0 Å². The lowest BCUT2D eigenvalue weighted by molar-refractivity contribution is 0.0943. The van der Waals surface area contributed by atoms with Gasteiger partial charge in [-0.15, -0.1) is 0 Å². The number of nitrogens with one attached hydrogen (secondary N) is 2. The molecule has 0 unspecified atom stereocenters. The maximum absolute atomic E-state index is 11.8. The Balaban J connectivity index is 1.86. The zero-order chi connectivity index (χ0) is 13.0. The second-order valence-corrected chi connectivity index (χ2v) is 5.38. The molecule has 0 saturated heterocycles. The summed E-state index contributed by atoms with van der Waals surface area (Å²) in [5.74, 6) is 0.837. The highest BCUT2D eigenvalue weighted by molar-refractivity contribution is 5.94. The Morgan fingerprint density at radius 2 is 1.94 bits per heavy atom. The molecule has 1 aromatic carbocycles. The van der Waals surface area contributed by atoms with Gasteiger partial charge in [-0.2, -0.15) is 0 Å². The third-order valence-electron chi connectivity index (χ3n) is 3.39. The third-order valence-corrected chi connectivity index (χ3v) is 3.39. The van der Waals surface area contributed by atoms with Gasteiger partial charge in [0, 0.05) is 23.8 Å². The number of carbonyl (C=O) groups is 1. The maximum Gasteiger partial charge on any atom is 0.251 e. The van der Waals surface area contributed by atoms with E-state index in [1.807, 2.05) is 38.1 Å². The molecule has 0 atom stereocenters. The number of amides is 1. The normalized spacial score (nSPS) is 15.3. The fourth-order valence-electron chi connectivity index (χ4n) is 2.04. The fourth-order valence-corrected chi connectivity index (χ4v) is 2.04. The minimum Gasteiger partial charge on any atom is -0.385 e. The van der Waals surface area contributed by atoms with E-state index in [0.29, 0.717) is 0 Å². The fraction of sp³-hybridized carbons (Fsp3) is 0.533. The van der Waals surface area contributed by atoms with Crippen LogP contribution in [0.5, 0.6) is 0 Å². The van der Waals surface area contributed by atoms with E-state index < -0.39 is 0 Å². The SMILES string of the molecule is CC(C)NC(=O)c1ccc(NCC2CCC2)cc1. The Labute approximate surface area is 109 Å². The minimum atomic E-state index is -0.00413. The average molecular weight is 246 g/mol. The Morgan fingerprint density at radius 1 is 1.28 bits per heavy atom. The quantitative estimate of drug-likeness (QED) is 0.838. The van der Waals surface area contributed by atoms with Crippen molar-refractivity contribution >= 4 is 11.6 Å². The third kappa shape index (κ3) is 3.49. The standard InChI is InChI=1S/C15H22N2O/c1-11(2)17-15(18)13-6-8-14(9-7-13)16-10-12-4-3-5-12/h6-9,11-12,16H,3-5,10H2,1-2H3,(H,17,18). The molecule has 1 saturated carbocycles. The monoisotopic (exact) mass is 246 g/mol. The summed E-state index contributed by atoms with van der Waals surface area (Å²) in [6.07, 6.45) is 4.07. The molecule has 2 N–H and O–H groups in total. The summed E-state index contributed by atoms with van der Waals surface area (Å²) in [6, 6.07) is 7.89. The molecule has 1 fully saturated rings. The summed E-state index contributed by atoms with van der Waals surface area (Å²) < 4.78 is 0. The highest BCUT2D eigenvalue weighted by Crippen LogP contribution is 2.26. The topological polar surface area (TPSA) is 41.1 Å². The van der Waals surface area contributed by atoms with Gasteiger partial charge < -0.3 is 10.6 Å². The molecule has 0 radical (unpaired) electrons. The molecule has 0 spiro atoms. The molecule has 0 aromatic heterocycles. The van der Waals surface area contributed by atoms with Crippen LogP contribution in [-0.2, 0) is 0 Å². The molecule has 1 amide bonds. The summed E-state index contributed by atoms with van der Waals surface area (Å²) in [5.41, 5.74) is 1.82. The van der Waals surface area contributed by atoms with Gasteiger partial charge in [0.1, 0.15) is 0 Å². The van der Waals surface area contributed by atoms with Gasteiger partial charge in [-0.25, -0.2) is 0 Å². The van der Waals surface area contributed by atoms with E-state index in [-0.39, 0.29) is 11.9 Å². The largest absolute Gasteiger partial charge is 0.385 e. The van der Waals surface area contributed by atoms with Gasteiger partial charge in [0.2, 0.25) is 0 Å². The van der Waals surface area contributed by atoms with Gasteiger partial charge in [-0.05, 0) is 56.9 Å². The zero-order valence-corrected chi connectivity index (χ0v) is 11.2. The lowest BCUT2D eigenvalue weighted by Gasteiger charge is -2.25. The van der Waals surface area contributed by atoms with E-state index in [0.717, 1.165) is 23.7 Å². The average Bonchev–Trinajstić information content (AvgIpc) is 2.27. The predicted molar refractivity (Wildman–Crippen MR) is 74.9 cm³/mol. The Kier molecular flexibility index (Phi) is 4.24. The van der Waals surface area contributed by atoms with Crippen LogP contribution in [-0.4, -0.2) is 18.5 Å². The van der Waals surface area contributed by atoms with Gasteiger partial charge in [-0.3, -0.25) is 4.79 Å². The van der Waals surface area contributed by atoms with Crippen molar-refractivity contribution in [1.82, 2.24) is 5.32 Å². The molecule has 0 aliphatic heterocycles. The second-order valence-electron chi connectivity index (χ2n) is 5.38. The van der Waals surface area contributed by atoms with E-state index in [2.05, 4.69) is 10.6 Å². The van der Waals surface area contributed by atoms with Crippen LogP contribution in [0.4, 0.5) is 5.69 Å². The number of anilines is 1. The molecular formula is C15H22N2O. The van der Waals surface area contributed by atoms with Crippen LogP contribution < -0.4 is 10.6 Å². The van der Waals surface area contributed by atoms with Gasteiger partial charge in [0.05, 0.1) is 0 Å². The van der Waals surface area contributed by atoms with Gasteiger partial charge in [0.25, 0.3) is 5.91 Å². The summed E-state index contributed by atoms with van der Waals surface area (Å²) in [5, 5.41) is 6.31. The molecular weight excluding hydrogens is 224 g/mol. The molecule has 1 aromatic rings. The first-order valence-electron chi connectivity index (χ1n) is 6.80. The highest BCUT2D eigenvalue weighted by atomic mass is 16.1. The number of carbonyl (C=O) groups excluding carboxylic acids is 1. The first-order valence-corrected chi connectivity index (χ1v) is 6.80. The summed E-state index contributed by atoms with van der Waals surface area (Å²) in [7, 11) is 0. The minimum absolute atomic E-state index is 0.00413. The molecule has 0 heterocycles. The predicted octanol–water partition coefficient (Wildman–Crippen LogP) is 3.04. The van der Waals surface area contributed by atoms with Crippen LogP contribution in [0.25, 0.3) is 0 Å². The van der Waals surface area contributed by atoms with Crippen molar-refractivity contribution in [3.8, 4) is 0 Å². The number of rotatable bonds is 5. The van der Waals surface area contributed by atoms with Crippen LogP contribution in [0.15, 0.2) is 24.3 Å². The van der Waals surface area contributed by atoms with Crippen molar-refractivity contribution in [3.63, 3.8) is 0 Å². The summed E-state index contributed by atoms with van der Waals surface area (Å²) in [6.45, 7) is 4.98. The lowest BCUT2D eigenvalue weighted by Crippen LogP contribution is -2.30. The Hall–Kier alpha value is -1.51. The molecule has 2 rings (SSSR count). The molecule has 1 aliphatic carbocycles. The first kappa shape index (κ1) is 12.9. The van der Waals surface area contributed by atoms with Gasteiger partial charge in [-0.1, -0.05) is 6.42 Å². The van der Waals surface area contributed by atoms with E-state index in [1.54, 1.807) is 0 Å². The zero-order valence-electron chi connectivity index (χ0n) is 11.2. The number of benzene rings is 1.